The number of aromatic nitrogens is 1. The predicted octanol–water partition coefficient (Wildman–Crippen LogP) is 1.45. The third kappa shape index (κ3) is 4.59. The van der Waals surface area contributed by atoms with Gasteiger partial charge in [-0.25, -0.2) is 0 Å². The Hall–Kier alpha value is -1.83. The van der Waals surface area contributed by atoms with Gasteiger partial charge in [0.1, 0.15) is 13.2 Å². The van der Waals surface area contributed by atoms with E-state index < -0.39 is 25.3 Å². The van der Waals surface area contributed by atoms with Crippen LogP contribution in [0.25, 0.3) is 0 Å². The van der Waals surface area contributed by atoms with Gasteiger partial charge in [0.15, 0.2) is 0 Å². The summed E-state index contributed by atoms with van der Waals surface area (Å²) >= 11 is 0. The van der Waals surface area contributed by atoms with E-state index in [4.69, 9.17) is 0 Å². The molecular weight excluding hydrogens is 289 g/mol. The molecule has 8 heteroatoms. The van der Waals surface area contributed by atoms with Crippen molar-refractivity contribution >= 4 is 5.91 Å². The lowest BCUT2D eigenvalue weighted by atomic mass is 9.91. The number of hydrogen-bond acceptors (Lipinski definition) is 3. The molecular formula is C13H15F3N2O3. The van der Waals surface area contributed by atoms with Gasteiger partial charge in [0.05, 0.1) is 6.04 Å². The molecule has 1 aliphatic rings. The van der Waals surface area contributed by atoms with E-state index in [2.05, 4.69) is 15.0 Å². The van der Waals surface area contributed by atoms with E-state index in [0.29, 0.717) is 12.8 Å². The van der Waals surface area contributed by atoms with Crippen molar-refractivity contribution in [3.8, 4) is 0 Å². The number of carbonyl (C=O) groups is 1. The smallest absolute Gasteiger partial charge is 0.362 e. The first-order chi connectivity index (χ1) is 9.85. The van der Waals surface area contributed by atoms with Crippen LogP contribution in [-0.4, -0.2) is 30.3 Å². The Bertz CT molecular complexity index is 569. The van der Waals surface area contributed by atoms with Crippen LogP contribution in [0.5, 0.6) is 0 Å². The molecule has 116 valence electrons. The van der Waals surface area contributed by atoms with Crippen LogP contribution in [0.3, 0.4) is 0 Å². The minimum absolute atomic E-state index is 0.214. The Labute approximate surface area is 118 Å². The predicted molar refractivity (Wildman–Crippen MR) is 67.8 cm³/mol. The summed E-state index contributed by atoms with van der Waals surface area (Å²) in [6, 6.07) is 2.69. The minimum Gasteiger partial charge on any atom is -0.362 e. The maximum absolute atomic E-state index is 11.9. The van der Waals surface area contributed by atoms with Crippen LogP contribution in [-0.2, 0) is 16.0 Å². The first-order valence-corrected chi connectivity index (χ1v) is 6.51. The highest BCUT2D eigenvalue weighted by Gasteiger charge is 2.28. The summed E-state index contributed by atoms with van der Waals surface area (Å²) in [6.07, 6.45) is -2.29. The van der Waals surface area contributed by atoms with Gasteiger partial charge in [0, 0.05) is 11.8 Å². The Morgan fingerprint density at radius 3 is 2.90 bits per heavy atom. The van der Waals surface area contributed by atoms with Gasteiger partial charge in [-0.1, -0.05) is 0 Å². The second kappa shape index (κ2) is 6.30. The maximum Gasteiger partial charge on any atom is 0.411 e. The highest BCUT2D eigenvalue weighted by Crippen LogP contribution is 2.27. The Balaban J connectivity index is 1.92. The van der Waals surface area contributed by atoms with E-state index in [-0.39, 0.29) is 11.6 Å². The first kappa shape index (κ1) is 15.6. The number of rotatable bonds is 4. The van der Waals surface area contributed by atoms with E-state index in [1.54, 1.807) is 6.07 Å². The van der Waals surface area contributed by atoms with Gasteiger partial charge in [0.25, 0.3) is 0 Å². The molecule has 0 aliphatic heterocycles. The fraction of sp³-hybridized carbons (Fsp3) is 0.538. The SMILES string of the molecule is O=C(COCC(F)(F)F)N[C@H]1CCCc2[nH]c(=O)ccc21. The normalized spacial score (nSPS) is 18.1. The van der Waals surface area contributed by atoms with E-state index in [9.17, 15) is 22.8 Å². The third-order valence-corrected chi connectivity index (χ3v) is 3.17. The van der Waals surface area contributed by atoms with Gasteiger partial charge in [-0.2, -0.15) is 13.2 Å². The zero-order valence-corrected chi connectivity index (χ0v) is 11.1. The molecule has 0 saturated carbocycles. The lowest BCUT2D eigenvalue weighted by Crippen LogP contribution is -2.35. The summed E-state index contributed by atoms with van der Waals surface area (Å²) in [5.41, 5.74) is 1.34. The summed E-state index contributed by atoms with van der Waals surface area (Å²) in [4.78, 5) is 25.5. The van der Waals surface area contributed by atoms with Crippen LogP contribution in [0.15, 0.2) is 16.9 Å². The Kier molecular flexibility index (Phi) is 4.66. The molecule has 2 N–H and O–H groups in total. The maximum atomic E-state index is 11.9. The number of hydrogen-bond donors (Lipinski definition) is 2. The van der Waals surface area contributed by atoms with Gasteiger partial charge in [-0.15, -0.1) is 0 Å². The van der Waals surface area contributed by atoms with Crippen molar-refractivity contribution in [1.82, 2.24) is 10.3 Å². The fourth-order valence-corrected chi connectivity index (χ4v) is 2.35. The van der Waals surface area contributed by atoms with Crippen molar-refractivity contribution in [2.45, 2.75) is 31.5 Å². The van der Waals surface area contributed by atoms with Crippen LogP contribution in [0, 0.1) is 0 Å². The van der Waals surface area contributed by atoms with Crippen LogP contribution < -0.4 is 10.9 Å². The first-order valence-electron chi connectivity index (χ1n) is 6.51. The fourth-order valence-electron chi connectivity index (χ4n) is 2.35. The molecule has 2 rings (SSSR count). The summed E-state index contributed by atoms with van der Waals surface area (Å²) < 4.78 is 40.0. The zero-order valence-electron chi connectivity index (χ0n) is 11.1. The molecule has 0 fully saturated rings. The number of ether oxygens (including phenoxy) is 1. The lowest BCUT2D eigenvalue weighted by Gasteiger charge is -2.25. The Morgan fingerprint density at radius 2 is 2.19 bits per heavy atom. The van der Waals surface area contributed by atoms with Crippen LogP contribution in [0.2, 0.25) is 0 Å². The highest BCUT2D eigenvalue weighted by molar-refractivity contribution is 5.77. The van der Waals surface area contributed by atoms with Crippen molar-refractivity contribution in [1.29, 1.82) is 0 Å². The third-order valence-electron chi connectivity index (χ3n) is 3.17. The van der Waals surface area contributed by atoms with Gasteiger partial charge < -0.3 is 15.0 Å². The van der Waals surface area contributed by atoms with Crippen molar-refractivity contribution in [2.24, 2.45) is 0 Å². The largest absolute Gasteiger partial charge is 0.411 e. The molecule has 0 bridgehead atoms. The molecule has 1 atom stereocenters. The molecule has 21 heavy (non-hydrogen) atoms. The number of aryl methyl sites for hydroxylation is 1. The monoisotopic (exact) mass is 304 g/mol. The molecule has 1 amide bonds. The molecule has 0 saturated heterocycles. The number of halogens is 3. The number of carbonyl (C=O) groups excluding carboxylic acids is 1. The number of nitrogens with one attached hydrogen (secondary N) is 2. The van der Waals surface area contributed by atoms with E-state index in [1.807, 2.05) is 0 Å². The lowest BCUT2D eigenvalue weighted by molar-refractivity contribution is -0.175. The zero-order chi connectivity index (χ0) is 15.5. The summed E-state index contributed by atoms with van der Waals surface area (Å²) in [5, 5.41) is 2.63. The second-order valence-electron chi connectivity index (χ2n) is 4.88. The number of fused-ring (bicyclic) bond motifs is 1. The van der Waals surface area contributed by atoms with Crippen LogP contribution in [0.1, 0.15) is 30.1 Å². The van der Waals surface area contributed by atoms with Gasteiger partial charge in [-0.05, 0) is 30.9 Å². The van der Waals surface area contributed by atoms with Crippen LogP contribution in [0.4, 0.5) is 13.2 Å². The minimum atomic E-state index is -4.45. The van der Waals surface area contributed by atoms with Gasteiger partial charge in [0.2, 0.25) is 11.5 Å². The number of aromatic amines is 1. The van der Waals surface area contributed by atoms with E-state index in [0.717, 1.165) is 17.7 Å². The second-order valence-corrected chi connectivity index (χ2v) is 4.88. The average Bonchev–Trinajstić information content (AvgIpc) is 2.37. The average molecular weight is 304 g/mol. The molecule has 5 nitrogen and oxygen atoms in total. The van der Waals surface area contributed by atoms with Crippen molar-refractivity contribution < 1.29 is 22.7 Å². The number of alkyl halides is 3. The standard InChI is InChI=1S/C13H15F3N2O3/c14-13(15,16)7-21-6-12(20)18-10-3-1-2-9-8(10)4-5-11(19)17-9/h4-5,10H,1-3,6-7H2,(H,17,19)(H,18,20)/t10-/m0/s1. The molecule has 0 unspecified atom stereocenters. The topological polar surface area (TPSA) is 71.2 Å². The quantitative estimate of drug-likeness (QED) is 0.884. The van der Waals surface area contributed by atoms with Crippen molar-refractivity contribution in [3.05, 3.63) is 33.7 Å². The molecule has 1 heterocycles. The molecule has 0 aromatic carbocycles. The molecule has 1 aromatic rings. The molecule has 1 aromatic heterocycles. The number of amides is 1. The van der Waals surface area contributed by atoms with Crippen molar-refractivity contribution in [3.63, 3.8) is 0 Å². The number of H-pyrrole nitrogens is 1. The highest BCUT2D eigenvalue weighted by atomic mass is 19.4. The van der Waals surface area contributed by atoms with Crippen molar-refractivity contribution in [2.75, 3.05) is 13.2 Å². The summed E-state index contributed by atoms with van der Waals surface area (Å²) in [6.45, 7) is -2.09. The number of pyridine rings is 1. The summed E-state index contributed by atoms with van der Waals surface area (Å²) in [5.74, 6) is -0.608. The molecule has 1 aliphatic carbocycles. The molecule has 0 spiro atoms. The molecule has 0 radical (unpaired) electrons. The Morgan fingerprint density at radius 1 is 1.43 bits per heavy atom. The van der Waals surface area contributed by atoms with Crippen LogP contribution >= 0.6 is 0 Å². The van der Waals surface area contributed by atoms with Gasteiger partial charge >= 0.3 is 6.18 Å². The van der Waals surface area contributed by atoms with Gasteiger partial charge in [-0.3, -0.25) is 9.59 Å². The van der Waals surface area contributed by atoms with E-state index >= 15 is 0 Å². The van der Waals surface area contributed by atoms with E-state index in [1.165, 1.54) is 6.07 Å². The summed E-state index contributed by atoms with van der Waals surface area (Å²) in [7, 11) is 0.